The van der Waals surface area contributed by atoms with Crippen LogP contribution in [0.5, 0.6) is 0 Å². The molecule has 1 aromatic carbocycles. The molecule has 2 N–H and O–H groups in total. The number of anilines is 1. The molecular weight excluding hydrogens is 210 g/mol. The maximum Gasteiger partial charge on any atom is 0.132 e. The summed E-state index contributed by atoms with van der Waals surface area (Å²) in [5.41, 5.74) is 0.417. The quantitative estimate of drug-likeness (QED) is 0.667. The topological polar surface area (TPSA) is 49.3 Å². The van der Waals surface area contributed by atoms with Crippen molar-refractivity contribution < 1.29 is 8.76 Å². The van der Waals surface area contributed by atoms with Gasteiger partial charge in [-0.3, -0.25) is 0 Å². The molecule has 0 saturated heterocycles. The van der Waals surface area contributed by atoms with Crippen molar-refractivity contribution in [3.8, 4) is 0 Å². The molecule has 0 aliphatic carbocycles. The van der Waals surface area contributed by atoms with E-state index in [-0.39, 0.29) is 5.41 Å². The molecule has 4 heteroatoms. The molecule has 1 aromatic rings. The van der Waals surface area contributed by atoms with Gasteiger partial charge in [-0.15, -0.1) is 0 Å². The number of fused-ring (bicyclic) bond motifs is 1. The van der Waals surface area contributed by atoms with Crippen LogP contribution in [0, 0.1) is 5.41 Å². The summed E-state index contributed by atoms with van der Waals surface area (Å²) in [5, 5.41) is 3.06. The summed E-state index contributed by atoms with van der Waals surface area (Å²) in [4.78, 5) is 0.992. The molecule has 1 aliphatic heterocycles. The molecule has 1 heterocycles. The van der Waals surface area contributed by atoms with Gasteiger partial charge in [0.2, 0.25) is 0 Å². The second-order valence-corrected chi connectivity index (χ2v) is 6.63. The van der Waals surface area contributed by atoms with Gasteiger partial charge in [-0.1, -0.05) is 32.9 Å². The van der Waals surface area contributed by atoms with Crippen LogP contribution >= 0.6 is 0 Å². The fourth-order valence-electron chi connectivity index (χ4n) is 1.72. The van der Waals surface area contributed by atoms with Gasteiger partial charge in [0, 0.05) is 5.41 Å². The molecule has 2 rings (SSSR count). The van der Waals surface area contributed by atoms with Gasteiger partial charge in [0.1, 0.15) is 14.8 Å². The Morgan fingerprint density at radius 3 is 2.40 bits per heavy atom. The van der Waals surface area contributed by atoms with E-state index < -0.39 is 9.80 Å². The van der Waals surface area contributed by atoms with Crippen molar-refractivity contribution in [1.82, 2.24) is 0 Å². The fourth-order valence-corrected chi connectivity index (χ4v) is 3.69. The number of para-hydroxylation sites is 1. The van der Waals surface area contributed by atoms with Crippen LogP contribution in [0.1, 0.15) is 20.8 Å². The van der Waals surface area contributed by atoms with E-state index in [2.05, 4.69) is 5.32 Å². The lowest BCUT2D eigenvalue weighted by atomic mass is 9.97. The highest BCUT2D eigenvalue weighted by Crippen LogP contribution is 2.33. The summed E-state index contributed by atoms with van der Waals surface area (Å²) in [5.74, 6) is 0. The number of rotatable bonds is 0. The van der Waals surface area contributed by atoms with Crippen LogP contribution in [0.25, 0.3) is 0 Å². The summed E-state index contributed by atoms with van der Waals surface area (Å²) in [6.07, 6.45) is 0. The minimum Gasteiger partial charge on any atom is -0.349 e. The molecule has 0 aromatic heterocycles. The van der Waals surface area contributed by atoms with Crippen LogP contribution in [-0.4, -0.2) is 13.8 Å². The van der Waals surface area contributed by atoms with Gasteiger partial charge in [-0.2, -0.15) is 0 Å². The highest BCUT2D eigenvalue weighted by molar-refractivity contribution is 7.98. The molecule has 0 bridgehead atoms. The van der Waals surface area contributed by atoms with Gasteiger partial charge in [0.25, 0.3) is 0 Å². The second kappa shape index (κ2) is 3.00. The highest BCUT2D eigenvalue weighted by atomic mass is 32.2. The lowest BCUT2D eigenvalue weighted by Crippen LogP contribution is -2.30. The molecule has 0 radical (unpaired) electrons. The molecule has 0 spiro atoms. The Kier molecular flexibility index (Phi) is 2.10. The summed E-state index contributed by atoms with van der Waals surface area (Å²) in [6, 6.07) is 7.16. The second-order valence-electron chi connectivity index (χ2n) is 4.73. The van der Waals surface area contributed by atoms with Crippen LogP contribution in [0.15, 0.2) is 29.2 Å². The van der Waals surface area contributed by atoms with Crippen molar-refractivity contribution in [2.45, 2.75) is 25.7 Å². The largest absolute Gasteiger partial charge is 0.349 e. The molecule has 3 nitrogen and oxygen atoms in total. The minimum atomic E-state index is -3.05. The third-order valence-corrected chi connectivity index (χ3v) is 4.61. The molecule has 1 aliphatic rings. The maximum atomic E-state index is 12.2. The minimum absolute atomic E-state index is 0.329. The molecule has 0 saturated carbocycles. The Hall–Kier alpha value is -1.00. The number of hydrogen-bond acceptors (Lipinski definition) is 2. The Balaban J connectivity index is 2.71. The first-order valence-electron chi connectivity index (χ1n) is 4.83. The van der Waals surface area contributed by atoms with Crippen molar-refractivity contribution >= 4 is 20.5 Å². The van der Waals surface area contributed by atoms with Gasteiger partial charge >= 0.3 is 0 Å². The van der Waals surface area contributed by atoms with E-state index in [1.807, 2.05) is 32.9 Å². The van der Waals surface area contributed by atoms with E-state index in [0.717, 1.165) is 5.69 Å². The lowest BCUT2D eigenvalue weighted by molar-refractivity contribution is 0.551. The van der Waals surface area contributed by atoms with Crippen LogP contribution in [0.3, 0.4) is 0 Å². The van der Waals surface area contributed by atoms with Crippen molar-refractivity contribution in [2.24, 2.45) is 5.41 Å². The normalized spacial score (nSPS) is 24.9. The zero-order valence-corrected chi connectivity index (χ0v) is 9.89. The summed E-state index contributed by atoms with van der Waals surface area (Å²) in [7, 11) is -3.05. The predicted molar refractivity (Wildman–Crippen MR) is 63.6 cm³/mol. The molecule has 15 heavy (non-hydrogen) atoms. The molecular formula is C11H15NO2S. The summed E-state index contributed by atoms with van der Waals surface area (Å²) < 4.78 is 22.3. The van der Waals surface area contributed by atoms with Gasteiger partial charge in [0.05, 0.1) is 10.6 Å². The predicted octanol–water partition coefficient (Wildman–Crippen LogP) is 2.40. The molecule has 1 atom stereocenters. The van der Waals surface area contributed by atoms with E-state index in [4.69, 9.17) is 0 Å². The van der Waals surface area contributed by atoms with Crippen molar-refractivity contribution in [2.75, 3.05) is 5.32 Å². The molecule has 0 fully saturated rings. The molecule has 0 amide bonds. The van der Waals surface area contributed by atoms with Crippen molar-refractivity contribution in [1.29, 1.82) is 0 Å². The fraction of sp³-hybridized carbons (Fsp3) is 0.364. The monoisotopic (exact) mass is 225 g/mol. The lowest BCUT2D eigenvalue weighted by Gasteiger charge is -2.20. The van der Waals surface area contributed by atoms with Gasteiger partial charge in [-0.05, 0) is 12.1 Å². The van der Waals surface area contributed by atoms with Crippen LogP contribution < -0.4 is 5.32 Å². The van der Waals surface area contributed by atoms with Crippen molar-refractivity contribution in [3.05, 3.63) is 24.3 Å². The number of benzene rings is 1. The average molecular weight is 225 g/mol. The van der Waals surface area contributed by atoms with E-state index in [1.54, 1.807) is 12.1 Å². The number of nitrogens with one attached hydrogen (secondary N) is 1. The summed E-state index contributed by atoms with van der Waals surface area (Å²) in [6.45, 7) is 5.78. The van der Waals surface area contributed by atoms with Crippen molar-refractivity contribution in [3.63, 3.8) is 0 Å². The van der Waals surface area contributed by atoms with E-state index in [1.165, 1.54) is 0 Å². The molecule has 82 valence electrons. The van der Waals surface area contributed by atoms with Crippen LogP contribution in [0.2, 0.25) is 0 Å². The smallest absolute Gasteiger partial charge is 0.132 e. The van der Waals surface area contributed by atoms with Crippen LogP contribution in [0.4, 0.5) is 5.69 Å². The maximum absolute atomic E-state index is 12.2. The zero-order valence-electron chi connectivity index (χ0n) is 9.07. The first-order chi connectivity index (χ1) is 6.83. The average Bonchev–Trinajstić information content (AvgIpc) is 2.39. The standard InChI is InChI=1S/C11H15NO2S/c1-11(2,3)10-12-8-6-4-5-7-9(8)15(10,13)14/h4-7,12H,1-3H3,(H,13,14). The Bertz CT molecular complexity index is 520. The van der Waals surface area contributed by atoms with E-state index >= 15 is 0 Å². The SMILES string of the molecule is CC(C)(C)C1=S(=O)(O)c2ccccc2N1. The highest BCUT2D eigenvalue weighted by Gasteiger charge is 2.33. The zero-order chi connectivity index (χ0) is 11.3. The molecule has 1 unspecified atom stereocenters. The Morgan fingerprint density at radius 2 is 1.87 bits per heavy atom. The van der Waals surface area contributed by atoms with Gasteiger partial charge in [-0.25, -0.2) is 4.21 Å². The van der Waals surface area contributed by atoms with Gasteiger partial charge < -0.3 is 9.87 Å². The van der Waals surface area contributed by atoms with Gasteiger partial charge in [0.15, 0.2) is 0 Å². The Labute approximate surface area is 90.3 Å². The first-order valence-corrected chi connectivity index (χ1v) is 6.35. The van der Waals surface area contributed by atoms with Crippen LogP contribution in [-0.2, 0) is 9.80 Å². The third-order valence-electron chi connectivity index (χ3n) is 2.39. The number of hydrogen-bond donors (Lipinski definition) is 2. The summed E-state index contributed by atoms with van der Waals surface area (Å²) >= 11 is 0. The first kappa shape index (κ1) is 10.5. The van der Waals surface area contributed by atoms with E-state index in [9.17, 15) is 8.76 Å². The van der Waals surface area contributed by atoms with E-state index in [0.29, 0.717) is 9.88 Å². The third kappa shape index (κ3) is 1.54. The Morgan fingerprint density at radius 1 is 1.27 bits per heavy atom.